The molecule has 2 aromatic rings. The van der Waals surface area contributed by atoms with Crippen molar-refractivity contribution in [2.45, 2.75) is 0 Å². The van der Waals surface area contributed by atoms with Crippen molar-refractivity contribution in [2.24, 2.45) is 0 Å². The van der Waals surface area contributed by atoms with Crippen molar-refractivity contribution in [2.75, 3.05) is 6.61 Å². The molecule has 1 heterocycles. The summed E-state index contributed by atoms with van der Waals surface area (Å²) in [5.41, 5.74) is 0. The van der Waals surface area contributed by atoms with Gasteiger partial charge in [0.05, 0.1) is 6.61 Å². The molecule has 0 radical (unpaired) electrons. The molecule has 0 atom stereocenters. The highest BCUT2D eigenvalue weighted by Crippen LogP contribution is 2.25. The summed E-state index contributed by atoms with van der Waals surface area (Å²) in [5.74, 6) is 0. The van der Waals surface area contributed by atoms with E-state index in [0.29, 0.717) is 0 Å². The average Bonchev–Trinajstić information content (AvgIpc) is 2.57. The van der Waals surface area contributed by atoms with Crippen molar-refractivity contribution in [3.63, 3.8) is 0 Å². The van der Waals surface area contributed by atoms with Gasteiger partial charge >= 0.3 is 0 Å². The average molecular weight is 190 g/mol. The molecule has 0 unspecified atom stereocenters. The third kappa shape index (κ3) is 1.79. The van der Waals surface area contributed by atoms with Crippen LogP contribution in [0.15, 0.2) is 36.4 Å². The van der Waals surface area contributed by atoms with Crippen LogP contribution in [0, 0.1) is 0 Å². The summed E-state index contributed by atoms with van der Waals surface area (Å²) in [4.78, 5) is 1.19. The number of fused-ring (bicyclic) bond motifs is 1. The first-order chi connectivity index (χ1) is 6.40. The van der Waals surface area contributed by atoms with Gasteiger partial charge in [0, 0.05) is 9.58 Å². The maximum absolute atomic E-state index is 8.62. The fourth-order valence-electron chi connectivity index (χ4n) is 1.25. The summed E-state index contributed by atoms with van der Waals surface area (Å²) >= 11 is 1.74. The Hall–Kier alpha value is -1.12. The van der Waals surface area contributed by atoms with Crippen LogP contribution in [-0.2, 0) is 0 Å². The summed E-state index contributed by atoms with van der Waals surface area (Å²) in [6, 6.07) is 10.4. The van der Waals surface area contributed by atoms with Crippen molar-refractivity contribution >= 4 is 27.5 Å². The summed E-state index contributed by atoms with van der Waals surface area (Å²) in [6.45, 7) is 0.105. The highest BCUT2D eigenvalue weighted by atomic mass is 32.1. The molecule has 1 nitrogen and oxygen atoms in total. The number of rotatable bonds is 2. The van der Waals surface area contributed by atoms with Crippen LogP contribution in [0.25, 0.3) is 16.2 Å². The van der Waals surface area contributed by atoms with Gasteiger partial charge in [-0.15, -0.1) is 11.3 Å². The van der Waals surface area contributed by atoms with Crippen molar-refractivity contribution in [3.8, 4) is 0 Å². The number of hydrogen-bond acceptors (Lipinski definition) is 2. The third-order valence-electron chi connectivity index (χ3n) is 1.83. The number of aliphatic hydroxyl groups is 1. The smallest absolute Gasteiger partial charge is 0.0615 e. The summed E-state index contributed by atoms with van der Waals surface area (Å²) in [5, 5.41) is 9.89. The Bertz CT molecular complexity index is 395. The molecule has 1 aromatic carbocycles. The lowest BCUT2D eigenvalue weighted by molar-refractivity contribution is 0.343. The van der Waals surface area contributed by atoms with E-state index in [4.69, 9.17) is 5.11 Å². The van der Waals surface area contributed by atoms with Crippen molar-refractivity contribution in [1.29, 1.82) is 0 Å². The molecule has 1 aromatic heterocycles. The van der Waals surface area contributed by atoms with Crippen LogP contribution in [0.3, 0.4) is 0 Å². The monoisotopic (exact) mass is 190 g/mol. The predicted octanol–water partition coefficient (Wildman–Crippen LogP) is 2.91. The molecule has 2 heteroatoms. The van der Waals surface area contributed by atoms with Crippen LogP contribution in [0.2, 0.25) is 0 Å². The largest absolute Gasteiger partial charge is 0.392 e. The van der Waals surface area contributed by atoms with E-state index >= 15 is 0 Å². The molecule has 66 valence electrons. The Morgan fingerprint density at radius 3 is 2.92 bits per heavy atom. The molecule has 0 spiro atoms. The zero-order valence-corrected chi connectivity index (χ0v) is 7.92. The normalized spacial score (nSPS) is 11.5. The lowest BCUT2D eigenvalue weighted by Gasteiger charge is -1.82. The molecular formula is C11H10OS. The molecule has 0 aliphatic rings. The van der Waals surface area contributed by atoms with Gasteiger partial charge in [-0.25, -0.2) is 0 Å². The Balaban J connectivity index is 2.44. The van der Waals surface area contributed by atoms with Gasteiger partial charge in [0.15, 0.2) is 0 Å². The van der Waals surface area contributed by atoms with E-state index in [0.717, 1.165) is 0 Å². The second-order valence-corrected chi connectivity index (χ2v) is 3.89. The predicted molar refractivity (Wildman–Crippen MR) is 57.9 cm³/mol. The quantitative estimate of drug-likeness (QED) is 0.772. The van der Waals surface area contributed by atoms with Gasteiger partial charge in [-0.2, -0.15) is 0 Å². The molecule has 1 N–H and O–H groups in total. The van der Waals surface area contributed by atoms with Gasteiger partial charge in [0.2, 0.25) is 0 Å². The van der Waals surface area contributed by atoms with Crippen LogP contribution >= 0.6 is 11.3 Å². The van der Waals surface area contributed by atoms with E-state index in [2.05, 4.69) is 18.2 Å². The summed E-state index contributed by atoms with van der Waals surface area (Å²) in [7, 11) is 0. The van der Waals surface area contributed by atoms with Crippen LogP contribution in [0.4, 0.5) is 0 Å². The van der Waals surface area contributed by atoms with Crippen molar-refractivity contribution in [1.82, 2.24) is 0 Å². The van der Waals surface area contributed by atoms with Crippen LogP contribution < -0.4 is 0 Å². The molecule has 0 aliphatic heterocycles. The molecular weight excluding hydrogens is 180 g/mol. The third-order valence-corrected chi connectivity index (χ3v) is 2.91. The highest BCUT2D eigenvalue weighted by molar-refractivity contribution is 7.19. The number of aliphatic hydroxyl groups excluding tert-OH is 1. The fourth-order valence-corrected chi connectivity index (χ4v) is 2.25. The molecule has 0 fully saturated rings. The number of hydrogen-bond donors (Lipinski definition) is 1. The van der Waals surface area contributed by atoms with Gasteiger partial charge in [0.1, 0.15) is 0 Å². The second-order valence-electron chi connectivity index (χ2n) is 2.77. The molecule has 0 amide bonds. The van der Waals surface area contributed by atoms with E-state index < -0.39 is 0 Å². The first-order valence-corrected chi connectivity index (χ1v) is 4.98. The Labute approximate surface area is 81.0 Å². The Morgan fingerprint density at radius 1 is 1.31 bits per heavy atom. The Morgan fingerprint density at radius 2 is 2.15 bits per heavy atom. The summed E-state index contributed by atoms with van der Waals surface area (Å²) in [6.07, 6.45) is 3.70. The van der Waals surface area contributed by atoms with E-state index in [1.807, 2.05) is 18.2 Å². The standard InChI is InChI=1S/C11H10OS/c12-7-3-5-10-8-9-4-1-2-6-11(9)13-10/h1-6,8,12H,7H2. The molecule has 0 aliphatic carbocycles. The van der Waals surface area contributed by atoms with Crippen LogP contribution in [-0.4, -0.2) is 11.7 Å². The molecule has 0 saturated carbocycles. The van der Waals surface area contributed by atoms with Gasteiger partial charge < -0.3 is 5.11 Å². The van der Waals surface area contributed by atoms with Gasteiger partial charge in [0.25, 0.3) is 0 Å². The lowest BCUT2D eigenvalue weighted by Crippen LogP contribution is -1.68. The fraction of sp³-hybridized carbons (Fsp3) is 0.0909. The minimum Gasteiger partial charge on any atom is -0.392 e. The van der Waals surface area contributed by atoms with Gasteiger partial charge in [-0.3, -0.25) is 0 Å². The van der Waals surface area contributed by atoms with E-state index in [1.54, 1.807) is 17.4 Å². The first kappa shape index (κ1) is 8.48. The molecule has 0 saturated heterocycles. The highest BCUT2D eigenvalue weighted by Gasteiger charge is 1.96. The maximum atomic E-state index is 8.62. The Kier molecular flexibility index (Phi) is 2.43. The summed E-state index contributed by atoms with van der Waals surface area (Å²) < 4.78 is 1.29. The minimum atomic E-state index is 0.105. The van der Waals surface area contributed by atoms with E-state index in [1.165, 1.54) is 15.0 Å². The SMILES string of the molecule is OCC=Cc1cc2ccccc2s1. The second kappa shape index (κ2) is 3.73. The van der Waals surface area contributed by atoms with Gasteiger partial charge in [-0.05, 0) is 23.6 Å². The minimum absolute atomic E-state index is 0.105. The van der Waals surface area contributed by atoms with Crippen molar-refractivity contribution < 1.29 is 5.11 Å². The number of benzene rings is 1. The lowest BCUT2D eigenvalue weighted by atomic mass is 10.2. The molecule has 13 heavy (non-hydrogen) atoms. The van der Waals surface area contributed by atoms with Gasteiger partial charge in [-0.1, -0.05) is 24.3 Å². The van der Waals surface area contributed by atoms with E-state index in [9.17, 15) is 0 Å². The zero-order chi connectivity index (χ0) is 9.10. The molecule has 0 bridgehead atoms. The first-order valence-electron chi connectivity index (χ1n) is 4.16. The number of thiophene rings is 1. The van der Waals surface area contributed by atoms with Crippen LogP contribution in [0.5, 0.6) is 0 Å². The van der Waals surface area contributed by atoms with Crippen molar-refractivity contribution in [3.05, 3.63) is 41.3 Å². The topological polar surface area (TPSA) is 20.2 Å². The molecule has 2 rings (SSSR count). The van der Waals surface area contributed by atoms with Crippen LogP contribution in [0.1, 0.15) is 4.88 Å². The maximum Gasteiger partial charge on any atom is 0.0615 e. The zero-order valence-electron chi connectivity index (χ0n) is 7.10. The van der Waals surface area contributed by atoms with E-state index in [-0.39, 0.29) is 6.61 Å².